The number of rotatable bonds is 6. The molecule has 0 aromatic carbocycles. The summed E-state index contributed by atoms with van der Waals surface area (Å²) in [6.07, 6.45) is 5.96. The second-order valence-electron chi connectivity index (χ2n) is 5.72. The highest BCUT2D eigenvalue weighted by Gasteiger charge is 2.39. The lowest BCUT2D eigenvalue weighted by atomic mass is 9.79. The number of methoxy groups -OCH3 is 1. The Bertz CT molecular complexity index is 393. The molecule has 0 spiro atoms. The molecule has 0 aliphatic heterocycles. The Morgan fingerprint density at radius 3 is 3.11 bits per heavy atom. The zero-order valence-corrected chi connectivity index (χ0v) is 13.2. The van der Waals surface area contributed by atoms with E-state index in [9.17, 15) is 0 Å². The van der Waals surface area contributed by atoms with E-state index in [1.165, 1.54) is 17.8 Å². The lowest BCUT2D eigenvalue weighted by molar-refractivity contribution is -0.0581. The van der Waals surface area contributed by atoms with E-state index in [2.05, 4.69) is 24.5 Å². The highest BCUT2D eigenvalue weighted by Crippen LogP contribution is 2.43. The quantitative estimate of drug-likeness (QED) is 0.808. The van der Waals surface area contributed by atoms with Crippen molar-refractivity contribution in [2.75, 3.05) is 13.7 Å². The number of hydrogen-bond acceptors (Lipinski definition) is 4. The Balaban J connectivity index is 2.06. The predicted molar refractivity (Wildman–Crippen MR) is 80.4 cm³/mol. The third-order valence-corrected chi connectivity index (χ3v) is 5.10. The molecule has 1 N–H and O–H groups in total. The normalized spacial score (nSPS) is 27.6. The third-order valence-electron chi connectivity index (χ3n) is 4.02. The molecule has 0 saturated heterocycles. The molecular formula is C15H26N2OS. The predicted octanol–water partition coefficient (Wildman–Crippen LogP) is 3.69. The Morgan fingerprint density at radius 1 is 1.58 bits per heavy atom. The number of hydrogen-bond donors (Lipinski definition) is 1. The highest BCUT2D eigenvalue weighted by molar-refractivity contribution is 7.09. The van der Waals surface area contributed by atoms with Gasteiger partial charge in [0.2, 0.25) is 0 Å². The average Bonchev–Trinajstić information content (AvgIpc) is 2.88. The second kappa shape index (κ2) is 6.82. The largest absolute Gasteiger partial charge is 0.371 e. The number of aromatic nitrogens is 1. The topological polar surface area (TPSA) is 34.1 Å². The van der Waals surface area contributed by atoms with Crippen LogP contribution in [-0.4, -0.2) is 18.6 Å². The maximum absolute atomic E-state index is 5.90. The molecule has 0 amide bonds. The molecule has 2 rings (SSSR count). The summed E-state index contributed by atoms with van der Waals surface area (Å²) in [6.45, 7) is 6.44. The standard InChI is InChI=1S/C15H26N2OS/c1-4-8-16-10-13-11-19-14(17-13)15(18-3)7-5-6-12(2)9-15/h11-12,16H,4-10H2,1-3H3. The fourth-order valence-corrected chi connectivity index (χ4v) is 4.00. The minimum Gasteiger partial charge on any atom is -0.371 e. The first-order valence-electron chi connectivity index (χ1n) is 7.41. The van der Waals surface area contributed by atoms with Gasteiger partial charge in [-0.05, 0) is 38.1 Å². The fourth-order valence-electron chi connectivity index (χ4n) is 2.96. The van der Waals surface area contributed by atoms with Crippen LogP contribution in [0.3, 0.4) is 0 Å². The Morgan fingerprint density at radius 2 is 2.42 bits per heavy atom. The van der Waals surface area contributed by atoms with E-state index in [1.54, 1.807) is 11.3 Å². The number of thiazole rings is 1. The first-order valence-corrected chi connectivity index (χ1v) is 8.29. The molecule has 4 heteroatoms. The van der Waals surface area contributed by atoms with Gasteiger partial charge in [-0.15, -0.1) is 11.3 Å². The van der Waals surface area contributed by atoms with Gasteiger partial charge in [-0.2, -0.15) is 0 Å². The summed E-state index contributed by atoms with van der Waals surface area (Å²) in [5, 5.41) is 6.76. The molecule has 1 saturated carbocycles. The summed E-state index contributed by atoms with van der Waals surface area (Å²) < 4.78 is 5.90. The van der Waals surface area contributed by atoms with Crippen LogP contribution in [0, 0.1) is 5.92 Å². The van der Waals surface area contributed by atoms with Crippen LogP contribution >= 0.6 is 11.3 Å². The lowest BCUT2D eigenvalue weighted by Gasteiger charge is -2.37. The van der Waals surface area contributed by atoms with Gasteiger partial charge in [-0.25, -0.2) is 4.98 Å². The second-order valence-corrected chi connectivity index (χ2v) is 6.58. The summed E-state index contributed by atoms with van der Waals surface area (Å²) in [6, 6.07) is 0. The van der Waals surface area contributed by atoms with Gasteiger partial charge in [0.25, 0.3) is 0 Å². The molecule has 19 heavy (non-hydrogen) atoms. The van der Waals surface area contributed by atoms with Crippen LogP contribution in [0.1, 0.15) is 56.7 Å². The van der Waals surface area contributed by atoms with Crippen molar-refractivity contribution in [2.24, 2.45) is 5.92 Å². The Hall–Kier alpha value is -0.450. The highest BCUT2D eigenvalue weighted by atomic mass is 32.1. The van der Waals surface area contributed by atoms with Gasteiger partial charge < -0.3 is 10.1 Å². The van der Waals surface area contributed by atoms with E-state index in [0.29, 0.717) is 0 Å². The van der Waals surface area contributed by atoms with Crippen molar-refractivity contribution in [1.82, 2.24) is 10.3 Å². The van der Waals surface area contributed by atoms with E-state index in [4.69, 9.17) is 9.72 Å². The summed E-state index contributed by atoms with van der Waals surface area (Å²) in [5.74, 6) is 0.735. The summed E-state index contributed by atoms with van der Waals surface area (Å²) in [5.41, 5.74) is 1.04. The lowest BCUT2D eigenvalue weighted by Crippen LogP contribution is -2.34. The first-order chi connectivity index (χ1) is 9.20. The van der Waals surface area contributed by atoms with Crippen LogP contribution in [0.2, 0.25) is 0 Å². The number of nitrogens with one attached hydrogen (secondary N) is 1. The summed E-state index contributed by atoms with van der Waals surface area (Å²) >= 11 is 1.76. The Labute approximate surface area is 120 Å². The molecule has 3 nitrogen and oxygen atoms in total. The molecule has 1 aromatic heterocycles. The zero-order chi connectivity index (χ0) is 13.7. The van der Waals surface area contributed by atoms with Crippen molar-refractivity contribution in [3.8, 4) is 0 Å². The van der Waals surface area contributed by atoms with Gasteiger partial charge in [-0.3, -0.25) is 0 Å². The van der Waals surface area contributed by atoms with E-state index in [-0.39, 0.29) is 5.60 Å². The molecule has 1 fully saturated rings. The van der Waals surface area contributed by atoms with Crippen LogP contribution in [0.5, 0.6) is 0 Å². The summed E-state index contributed by atoms with van der Waals surface area (Å²) in [4.78, 5) is 4.81. The van der Waals surface area contributed by atoms with Crippen LogP contribution < -0.4 is 5.32 Å². The van der Waals surface area contributed by atoms with Crippen molar-refractivity contribution in [2.45, 2.75) is 58.1 Å². The van der Waals surface area contributed by atoms with Gasteiger partial charge in [0.15, 0.2) is 0 Å². The average molecular weight is 282 g/mol. The maximum Gasteiger partial charge on any atom is 0.125 e. The van der Waals surface area contributed by atoms with Crippen molar-refractivity contribution in [3.63, 3.8) is 0 Å². The van der Waals surface area contributed by atoms with E-state index in [0.717, 1.165) is 44.0 Å². The van der Waals surface area contributed by atoms with Crippen molar-refractivity contribution in [1.29, 1.82) is 0 Å². The Kier molecular flexibility index (Phi) is 5.37. The van der Waals surface area contributed by atoms with Gasteiger partial charge in [0.1, 0.15) is 10.6 Å². The maximum atomic E-state index is 5.90. The van der Waals surface area contributed by atoms with Crippen LogP contribution in [0.4, 0.5) is 0 Å². The van der Waals surface area contributed by atoms with Crippen molar-refractivity contribution in [3.05, 3.63) is 16.1 Å². The van der Waals surface area contributed by atoms with Crippen LogP contribution in [0.15, 0.2) is 5.38 Å². The molecule has 1 aliphatic carbocycles. The molecule has 1 aromatic rings. The molecule has 2 atom stereocenters. The molecule has 1 heterocycles. The minimum atomic E-state index is -0.120. The molecular weight excluding hydrogens is 256 g/mol. The van der Waals surface area contributed by atoms with Crippen molar-refractivity contribution >= 4 is 11.3 Å². The smallest absolute Gasteiger partial charge is 0.125 e. The first kappa shape index (κ1) is 14.9. The van der Waals surface area contributed by atoms with Crippen molar-refractivity contribution < 1.29 is 4.74 Å². The molecule has 2 unspecified atom stereocenters. The molecule has 108 valence electrons. The van der Waals surface area contributed by atoms with Crippen LogP contribution in [-0.2, 0) is 16.9 Å². The van der Waals surface area contributed by atoms with E-state index in [1.807, 2.05) is 7.11 Å². The summed E-state index contributed by atoms with van der Waals surface area (Å²) in [7, 11) is 1.84. The fraction of sp³-hybridized carbons (Fsp3) is 0.800. The van der Waals surface area contributed by atoms with Gasteiger partial charge in [0, 0.05) is 19.0 Å². The zero-order valence-electron chi connectivity index (χ0n) is 12.4. The SMILES string of the molecule is CCCNCc1csc(C2(OC)CCCC(C)C2)n1. The molecule has 0 bridgehead atoms. The molecule has 0 radical (unpaired) electrons. The van der Waals surface area contributed by atoms with Crippen LogP contribution in [0.25, 0.3) is 0 Å². The van der Waals surface area contributed by atoms with E-state index >= 15 is 0 Å². The minimum absolute atomic E-state index is 0.120. The number of nitrogens with zero attached hydrogens (tertiary/aromatic N) is 1. The van der Waals surface area contributed by atoms with Gasteiger partial charge in [-0.1, -0.05) is 20.3 Å². The van der Waals surface area contributed by atoms with E-state index < -0.39 is 0 Å². The third kappa shape index (κ3) is 3.56. The monoisotopic (exact) mass is 282 g/mol. The van der Waals surface area contributed by atoms with Gasteiger partial charge >= 0.3 is 0 Å². The van der Waals surface area contributed by atoms with Gasteiger partial charge in [0.05, 0.1) is 5.69 Å². The number of ether oxygens (including phenoxy) is 1. The molecule has 1 aliphatic rings.